The van der Waals surface area contributed by atoms with Gasteiger partial charge in [0.1, 0.15) is 11.5 Å². The van der Waals surface area contributed by atoms with Gasteiger partial charge in [-0.25, -0.2) is 0 Å². The van der Waals surface area contributed by atoms with Crippen molar-refractivity contribution in [2.45, 2.75) is 39.5 Å². The maximum Gasteiger partial charge on any atom is 0.128 e. The van der Waals surface area contributed by atoms with Crippen molar-refractivity contribution in [3.8, 4) is 11.5 Å². The molecule has 0 atom stereocenters. The Morgan fingerprint density at radius 2 is 1.29 bits per heavy atom. The van der Waals surface area contributed by atoms with Crippen LogP contribution in [0.15, 0.2) is 42.5 Å². The van der Waals surface area contributed by atoms with Crippen LogP contribution in [0.2, 0.25) is 0 Å². The molecule has 21 heavy (non-hydrogen) atoms. The Hall–Kier alpha value is -2.00. The second kappa shape index (κ2) is 7.14. The van der Waals surface area contributed by atoms with Gasteiger partial charge in [0.05, 0.1) is 0 Å². The van der Waals surface area contributed by atoms with Crippen molar-refractivity contribution >= 4 is 5.69 Å². The molecule has 0 unspecified atom stereocenters. The lowest BCUT2D eigenvalue weighted by molar-refractivity contribution is 0.480. The molecular formula is C18H25NO2. The topological polar surface area (TPSA) is 66.8 Å². The Labute approximate surface area is 127 Å². The SMILES string of the molecule is CC(C)c1cc(Oc2ccccc2)cc(C(C)C)c1N.O. The number of anilines is 1. The molecule has 0 saturated carbocycles. The van der Waals surface area contributed by atoms with Gasteiger partial charge in [0.15, 0.2) is 0 Å². The summed E-state index contributed by atoms with van der Waals surface area (Å²) in [6.45, 7) is 8.62. The van der Waals surface area contributed by atoms with E-state index in [0.717, 1.165) is 28.3 Å². The summed E-state index contributed by atoms with van der Waals surface area (Å²) in [6.07, 6.45) is 0. The van der Waals surface area contributed by atoms with E-state index in [-0.39, 0.29) is 5.48 Å². The van der Waals surface area contributed by atoms with Crippen molar-refractivity contribution in [2.75, 3.05) is 5.73 Å². The molecule has 0 aliphatic heterocycles. The average Bonchev–Trinajstić information content (AvgIpc) is 2.41. The molecule has 0 bridgehead atoms. The summed E-state index contributed by atoms with van der Waals surface area (Å²) in [4.78, 5) is 0. The number of rotatable bonds is 4. The van der Waals surface area contributed by atoms with E-state index in [1.54, 1.807) is 0 Å². The van der Waals surface area contributed by atoms with E-state index in [2.05, 4.69) is 39.8 Å². The first-order chi connectivity index (χ1) is 9.49. The van der Waals surface area contributed by atoms with Crippen molar-refractivity contribution < 1.29 is 10.2 Å². The van der Waals surface area contributed by atoms with Gasteiger partial charge in [-0.15, -0.1) is 0 Å². The van der Waals surface area contributed by atoms with Crippen LogP contribution < -0.4 is 10.5 Å². The second-order valence-corrected chi connectivity index (χ2v) is 5.74. The molecule has 2 rings (SSSR count). The number of benzene rings is 2. The molecule has 0 heterocycles. The Kier molecular flexibility index (Phi) is 5.79. The van der Waals surface area contributed by atoms with Crippen LogP contribution in [-0.2, 0) is 0 Å². The quantitative estimate of drug-likeness (QED) is 0.842. The third kappa shape index (κ3) is 3.99. The molecule has 0 fully saturated rings. The highest BCUT2D eigenvalue weighted by molar-refractivity contribution is 5.60. The molecule has 3 heteroatoms. The maximum absolute atomic E-state index is 6.29. The van der Waals surface area contributed by atoms with Crippen LogP contribution in [0.1, 0.15) is 50.7 Å². The van der Waals surface area contributed by atoms with Crippen LogP contribution in [0.4, 0.5) is 5.69 Å². The highest BCUT2D eigenvalue weighted by atomic mass is 16.5. The van der Waals surface area contributed by atoms with E-state index < -0.39 is 0 Å². The van der Waals surface area contributed by atoms with E-state index in [1.807, 2.05) is 30.3 Å². The summed E-state index contributed by atoms with van der Waals surface area (Å²) in [5.41, 5.74) is 9.50. The van der Waals surface area contributed by atoms with E-state index >= 15 is 0 Å². The highest BCUT2D eigenvalue weighted by Crippen LogP contribution is 2.35. The lowest BCUT2D eigenvalue weighted by Gasteiger charge is -2.18. The van der Waals surface area contributed by atoms with Crippen molar-refractivity contribution in [1.29, 1.82) is 0 Å². The Bertz CT molecular complexity index is 548. The first-order valence-electron chi connectivity index (χ1n) is 7.15. The summed E-state index contributed by atoms with van der Waals surface area (Å²) < 4.78 is 5.96. The van der Waals surface area contributed by atoms with Gasteiger partial charge in [0, 0.05) is 5.69 Å². The first-order valence-corrected chi connectivity index (χ1v) is 7.15. The predicted molar refractivity (Wildman–Crippen MR) is 89.2 cm³/mol. The Morgan fingerprint density at radius 3 is 1.71 bits per heavy atom. The number of nitrogen functional groups attached to an aromatic ring is 1. The third-order valence-corrected chi connectivity index (χ3v) is 3.44. The number of hydrogen-bond acceptors (Lipinski definition) is 2. The molecule has 2 aromatic rings. The highest BCUT2D eigenvalue weighted by Gasteiger charge is 2.14. The zero-order valence-electron chi connectivity index (χ0n) is 13.2. The van der Waals surface area contributed by atoms with Gasteiger partial charge in [0.2, 0.25) is 0 Å². The fourth-order valence-electron chi connectivity index (χ4n) is 2.31. The standard InChI is InChI=1S/C18H23NO.H2O/c1-12(2)16-10-15(11-17(13(3)4)18(16)19)20-14-8-6-5-7-9-14;/h5-13H,19H2,1-4H3;1H2. The first kappa shape index (κ1) is 17.1. The molecule has 0 amide bonds. The minimum atomic E-state index is 0. The van der Waals surface area contributed by atoms with E-state index in [9.17, 15) is 0 Å². The van der Waals surface area contributed by atoms with Crippen LogP contribution >= 0.6 is 0 Å². The summed E-state index contributed by atoms with van der Waals surface area (Å²) in [7, 11) is 0. The van der Waals surface area contributed by atoms with E-state index in [0.29, 0.717) is 11.8 Å². The van der Waals surface area contributed by atoms with Crippen LogP contribution in [0.5, 0.6) is 11.5 Å². The smallest absolute Gasteiger partial charge is 0.128 e. The largest absolute Gasteiger partial charge is 0.457 e. The molecule has 0 aliphatic rings. The van der Waals surface area contributed by atoms with Gasteiger partial charge < -0.3 is 15.9 Å². The lowest BCUT2D eigenvalue weighted by atomic mass is 9.92. The summed E-state index contributed by atoms with van der Waals surface area (Å²) in [5, 5.41) is 0. The van der Waals surface area contributed by atoms with Gasteiger partial charge >= 0.3 is 0 Å². The van der Waals surface area contributed by atoms with Crippen LogP contribution in [-0.4, -0.2) is 5.48 Å². The van der Waals surface area contributed by atoms with Crippen molar-refractivity contribution in [2.24, 2.45) is 0 Å². The van der Waals surface area contributed by atoms with Gasteiger partial charge in [0.25, 0.3) is 0 Å². The van der Waals surface area contributed by atoms with Crippen LogP contribution in [0.3, 0.4) is 0 Å². The van der Waals surface area contributed by atoms with E-state index in [4.69, 9.17) is 10.5 Å². The molecule has 0 aliphatic carbocycles. The lowest BCUT2D eigenvalue weighted by Crippen LogP contribution is -2.04. The number of hydrogen-bond donors (Lipinski definition) is 1. The summed E-state index contributed by atoms with van der Waals surface area (Å²) >= 11 is 0. The Morgan fingerprint density at radius 1 is 0.810 bits per heavy atom. The Balaban J connectivity index is 0.00000220. The molecule has 2 aromatic carbocycles. The number of nitrogens with two attached hydrogens (primary N) is 1. The molecule has 114 valence electrons. The van der Waals surface area contributed by atoms with Crippen LogP contribution in [0, 0.1) is 0 Å². The minimum absolute atomic E-state index is 0. The molecule has 0 aromatic heterocycles. The van der Waals surface area contributed by atoms with Gasteiger partial charge in [-0.2, -0.15) is 0 Å². The fraction of sp³-hybridized carbons (Fsp3) is 0.333. The summed E-state index contributed by atoms with van der Waals surface area (Å²) in [5.74, 6) is 2.47. The molecular weight excluding hydrogens is 262 g/mol. The van der Waals surface area contributed by atoms with Crippen LogP contribution in [0.25, 0.3) is 0 Å². The van der Waals surface area contributed by atoms with Gasteiger partial charge in [-0.3, -0.25) is 0 Å². The monoisotopic (exact) mass is 287 g/mol. The molecule has 0 radical (unpaired) electrons. The number of para-hydroxylation sites is 1. The molecule has 0 saturated heterocycles. The average molecular weight is 287 g/mol. The minimum Gasteiger partial charge on any atom is -0.457 e. The third-order valence-electron chi connectivity index (χ3n) is 3.44. The summed E-state index contributed by atoms with van der Waals surface area (Å²) in [6, 6.07) is 14.0. The predicted octanol–water partition coefficient (Wildman–Crippen LogP) is 4.48. The molecule has 4 N–H and O–H groups in total. The normalized spacial score (nSPS) is 10.6. The maximum atomic E-state index is 6.29. The van der Waals surface area contributed by atoms with Crippen molar-refractivity contribution in [3.63, 3.8) is 0 Å². The zero-order chi connectivity index (χ0) is 14.7. The second-order valence-electron chi connectivity index (χ2n) is 5.74. The molecule has 3 nitrogen and oxygen atoms in total. The zero-order valence-corrected chi connectivity index (χ0v) is 13.2. The van der Waals surface area contributed by atoms with Crippen molar-refractivity contribution in [3.05, 3.63) is 53.6 Å². The molecule has 0 spiro atoms. The van der Waals surface area contributed by atoms with E-state index in [1.165, 1.54) is 0 Å². The van der Waals surface area contributed by atoms with Crippen molar-refractivity contribution in [1.82, 2.24) is 0 Å². The van der Waals surface area contributed by atoms with Gasteiger partial charge in [-0.1, -0.05) is 45.9 Å². The fourth-order valence-corrected chi connectivity index (χ4v) is 2.31. The number of ether oxygens (including phenoxy) is 1. The van der Waals surface area contributed by atoms with Gasteiger partial charge in [-0.05, 0) is 47.2 Å².